The van der Waals surface area contributed by atoms with Crippen LogP contribution >= 0.6 is 0 Å². The van der Waals surface area contributed by atoms with Crippen LogP contribution in [0.1, 0.15) is 40.2 Å². The van der Waals surface area contributed by atoms with Gasteiger partial charge in [-0.25, -0.2) is 4.79 Å². The Balaban J connectivity index is 2.03. The Kier molecular flexibility index (Phi) is 7.61. The molecule has 0 radical (unpaired) electrons. The molecule has 0 saturated heterocycles. The summed E-state index contributed by atoms with van der Waals surface area (Å²) in [5.41, 5.74) is 2.18. The molecule has 38 heavy (non-hydrogen) atoms. The van der Waals surface area contributed by atoms with Crippen LogP contribution in [0.2, 0.25) is 0 Å². The van der Waals surface area contributed by atoms with Gasteiger partial charge in [0.25, 0.3) is 0 Å². The quantitative estimate of drug-likeness (QED) is 0.339. The molecule has 4 rings (SSSR count). The molecular weight excluding hydrogens is 505 g/mol. The summed E-state index contributed by atoms with van der Waals surface area (Å²) in [5, 5.41) is 0. The number of hydrogen-bond acceptors (Lipinski definition) is 7. The molecule has 1 aliphatic rings. The molecule has 0 saturated carbocycles. The van der Waals surface area contributed by atoms with Crippen molar-refractivity contribution in [2.75, 3.05) is 35.5 Å². The van der Waals surface area contributed by atoms with Crippen LogP contribution in [0, 0.1) is 0 Å². The van der Waals surface area contributed by atoms with E-state index in [4.69, 9.17) is 28.4 Å². The van der Waals surface area contributed by atoms with Crippen molar-refractivity contribution in [1.82, 2.24) is 0 Å². The van der Waals surface area contributed by atoms with Crippen molar-refractivity contribution in [3.05, 3.63) is 76.9 Å². The second-order valence-corrected chi connectivity index (χ2v) is 8.58. The van der Waals surface area contributed by atoms with Gasteiger partial charge in [-0.15, -0.1) is 0 Å². The van der Waals surface area contributed by atoms with Crippen LogP contribution in [0.3, 0.4) is 0 Å². The molecule has 0 bridgehead atoms. The molecule has 0 amide bonds. The predicted molar refractivity (Wildman–Crippen MR) is 132 cm³/mol. The van der Waals surface area contributed by atoms with E-state index in [1.807, 2.05) is 0 Å². The topological polar surface area (TPSA) is 72.5 Å². The monoisotopic (exact) mass is 532 g/mol. The van der Waals surface area contributed by atoms with Crippen LogP contribution in [0.25, 0.3) is 0 Å². The third-order valence-electron chi connectivity index (χ3n) is 6.61. The van der Waals surface area contributed by atoms with Crippen molar-refractivity contribution in [3.63, 3.8) is 0 Å². The van der Waals surface area contributed by atoms with E-state index in [9.17, 15) is 18.0 Å². The number of carbonyl (C=O) groups excluding carboxylic acids is 1. The lowest BCUT2D eigenvalue weighted by Gasteiger charge is -2.27. The normalized spacial score (nSPS) is 18.4. The van der Waals surface area contributed by atoms with Gasteiger partial charge in [0.15, 0.2) is 0 Å². The van der Waals surface area contributed by atoms with Gasteiger partial charge in [0.2, 0.25) is 0 Å². The Morgan fingerprint density at radius 3 is 1.74 bits per heavy atom. The summed E-state index contributed by atoms with van der Waals surface area (Å²) in [4.78, 5) is 12.2. The van der Waals surface area contributed by atoms with Crippen LogP contribution in [0.15, 0.2) is 54.6 Å². The van der Waals surface area contributed by atoms with Gasteiger partial charge >= 0.3 is 12.1 Å². The molecular formula is C28H27F3O7. The van der Waals surface area contributed by atoms with Gasteiger partial charge in [0.05, 0.1) is 35.5 Å². The molecule has 0 aliphatic heterocycles. The second kappa shape index (κ2) is 10.7. The van der Waals surface area contributed by atoms with Crippen molar-refractivity contribution in [2.45, 2.75) is 24.1 Å². The maximum atomic E-state index is 13.4. The number of methoxy groups -OCH3 is 5. The average molecular weight is 533 g/mol. The van der Waals surface area contributed by atoms with Gasteiger partial charge in [0, 0.05) is 35.1 Å². The summed E-state index contributed by atoms with van der Waals surface area (Å²) >= 11 is 0. The van der Waals surface area contributed by atoms with Gasteiger partial charge in [-0.05, 0) is 41.5 Å². The van der Waals surface area contributed by atoms with Crippen LogP contribution in [-0.2, 0) is 9.53 Å². The first-order valence-electron chi connectivity index (χ1n) is 11.6. The zero-order valence-electron chi connectivity index (χ0n) is 21.4. The summed E-state index contributed by atoms with van der Waals surface area (Å²) in [6.07, 6.45) is -6.51. The Bertz CT molecular complexity index is 1280. The zero-order valence-corrected chi connectivity index (χ0v) is 21.4. The summed E-state index contributed by atoms with van der Waals surface area (Å²) in [7, 11) is 7.40. The van der Waals surface area contributed by atoms with E-state index in [-0.39, 0.29) is 0 Å². The predicted octanol–water partition coefficient (Wildman–Crippen LogP) is 5.81. The number of fused-ring (bicyclic) bond motifs is 1. The maximum absolute atomic E-state index is 13.4. The van der Waals surface area contributed by atoms with Gasteiger partial charge in [-0.3, -0.25) is 0 Å². The molecule has 202 valence electrons. The van der Waals surface area contributed by atoms with Gasteiger partial charge in [-0.1, -0.05) is 12.1 Å². The van der Waals surface area contributed by atoms with E-state index < -0.39 is 30.1 Å². The van der Waals surface area contributed by atoms with Gasteiger partial charge < -0.3 is 28.4 Å². The second-order valence-electron chi connectivity index (χ2n) is 8.58. The van der Waals surface area contributed by atoms with Gasteiger partial charge in [0.1, 0.15) is 34.9 Å². The van der Waals surface area contributed by atoms with Crippen molar-refractivity contribution in [3.8, 4) is 28.7 Å². The van der Waals surface area contributed by atoms with E-state index >= 15 is 0 Å². The molecule has 0 spiro atoms. The molecule has 0 fully saturated rings. The van der Waals surface area contributed by atoms with Crippen LogP contribution in [-0.4, -0.2) is 47.7 Å². The van der Waals surface area contributed by atoms with E-state index in [0.29, 0.717) is 51.0 Å². The van der Waals surface area contributed by atoms with E-state index in [0.717, 1.165) is 0 Å². The minimum atomic E-state index is -5.19. The molecule has 10 heteroatoms. The number of esters is 1. The highest BCUT2D eigenvalue weighted by molar-refractivity contribution is 5.76. The number of hydrogen-bond donors (Lipinski definition) is 0. The molecule has 7 nitrogen and oxygen atoms in total. The average Bonchev–Trinajstić information content (AvgIpc) is 3.25. The van der Waals surface area contributed by atoms with E-state index in [1.165, 1.54) is 35.5 Å². The maximum Gasteiger partial charge on any atom is 0.490 e. The lowest BCUT2D eigenvalue weighted by molar-refractivity contribution is -0.206. The Labute approximate surface area is 218 Å². The van der Waals surface area contributed by atoms with Crippen molar-refractivity contribution >= 4 is 5.97 Å². The van der Waals surface area contributed by atoms with E-state index in [1.54, 1.807) is 54.6 Å². The highest BCUT2D eigenvalue weighted by atomic mass is 19.4. The Hall–Kier alpha value is -4.08. The van der Waals surface area contributed by atoms with Crippen LogP contribution in [0.4, 0.5) is 13.2 Å². The Morgan fingerprint density at radius 1 is 0.684 bits per heavy atom. The molecule has 0 heterocycles. The smallest absolute Gasteiger partial charge is 0.490 e. The number of alkyl halides is 3. The summed E-state index contributed by atoms with van der Waals surface area (Å²) in [5.74, 6) is -1.45. The lowest BCUT2D eigenvalue weighted by atomic mass is 9.80. The minimum Gasteiger partial charge on any atom is -0.497 e. The molecule has 3 aromatic rings. The van der Waals surface area contributed by atoms with Crippen molar-refractivity contribution in [1.29, 1.82) is 0 Å². The summed E-state index contributed by atoms with van der Waals surface area (Å²) in [6, 6.07) is 15.3. The Morgan fingerprint density at radius 2 is 1.24 bits per heavy atom. The fourth-order valence-electron chi connectivity index (χ4n) is 4.92. The first kappa shape index (κ1) is 27.0. The highest BCUT2D eigenvalue weighted by Crippen LogP contribution is 2.59. The summed E-state index contributed by atoms with van der Waals surface area (Å²) < 4.78 is 72.8. The minimum absolute atomic E-state index is 0.339. The largest absolute Gasteiger partial charge is 0.497 e. The third kappa shape index (κ3) is 5.03. The van der Waals surface area contributed by atoms with Crippen molar-refractivity contribution < 1.29 is 46.4 Å². The first-order chi connectivity index (χ1) is 18.1. The number of ether oxygens (including phenoxy) is 6. The van der Waals surface area contributed by atoms with E-state index in [2.05, 4.69) is 0 Å². The van der Waals surface area contributed by atoms with Crippen LogP contribution < -0.4 is 23.7 Å². The summed E-state index contributed by atoms with van der Waals surface area (Å²) in [6.45, 7) is 0. The lowest BCUT2D eigenvalue weighted by Crippen LogP contribution is -2.28. The van der Waals surface area contributed by atoms with Crippen LogP contribution in [0.5, 0.6) is 28.7 Å². The number of benzene rings is 3. The number of halogens is 3. The highest BCUT2D eigenvalue weighted by Gasteiger charge is 2.50. The van der Waals surface area contributed by atoms with Gasteiger partial charge in [-0.2, -0.15) is 13.2 Å². The third-order valence-corrected chi connectivity index (χ3v) is 6.61. The number of rotatable bonds is 8. The standard InChI is InChI=1S/C28H27F3O7/c1-33-17-8-6-15(7-9-17)24-23(16-10-18(34-2)12-19(11-16)35-3)25-21(13-20(36-4)14-22(25)37-5)26(24)38-27(32)28(29,30)31/h6-14,23-24,26H,1-5H3/t23-,24?,26-/m1/s1. The molecule has 0 N–H and O–H groups in total. The molecule has 0 aromatic heterocycles. The fraction of sp³-hybridized carbons (Fsp3) is 0.321. The zero-order chi connectivity index (χ0) is 27.6. The molecule has 1 unspecified atom stereocenters. The number of carbonyl (C=O) groups is 1. The first-order valence-corrected chi connectivity index (χ1v) is 11.6. The molecule has 3 atom stereocenters. The molecule has 3 aromatic carbocycles. The van der Waals surface area contributed by atoms with Crippen molar-refractivity contribution in [2.24, 2.45) is 0 Å². The molecule has 1 aliphatic carbocycles. The fourth-order valence-corrected chi connectivity index (χ4v) is 4.92. The SMILES string of the molecule is COc1ccc(C2[C@@H](c3cc(OC)cc(OC)c3)c3c(OC)cc(OC)cc3[C@H]2OC(=O)C(F)(F)F)cc1.